The first kappa shape index (κ1) is 21.1. The Hall–Kier alpha value is -2.74. The molecule has 1 fully saturated rings. The van der Waals surface area contributed by atoms with Crippen molar-refractivity contribution in [2.45, 2.75) is 19.0 Å². The third kappa shape index (κ3) is 4.28. The molecule has 0 radical (unpaired) electrons. The summed E-state index contributed by atoms with van der Waals surface area (Å²) < 4.78 is 7.09. The molecule has 4 nitrogen and oxygen atoms in total. The second-order valence-electron chi connectivity index (χ2n) is 7.55. The molecule has 0 amide bonds. The van der Waals surface area contributed by atoms with Gasteiger partial charge in [0.2, 0.25) is 0 Å². The lowest BCUT2D eigenvalue weighted by Gasteiger charge is -2.27. The number of aryl methyl sites for hydroxylation is 1. The van der Waals surface area contributed by atoms with Crippen molar-refractivity contribution >= 4 is 50.3 Å². The zero-order valence-corrected chi connectivity index (χ0v) is 20.5. The molecule has 5 rings (SSSR count). The molecule has 0 saturated carbocycles. The monoisotopic (exact) mass is 521 g/mol. The molecule has 0 bridgehead atoms. The standard InChI is InChI=1S/C25H20BrN3OS2/c1-16-5-9-18(10-6-16)30-19-11-7-17(8-12-19)29-24(21-13-14-22(26)32-21)23(28-25(29)31)20-4-2-3-15-27-20/h2-15,23-24H,1H3,(H,28,31)/t23-,24-/m0/s1. The van der Waals surface area contributed by atoms with Crippen LogP contribution >= 0.6 is 39.5 Å². The fourth-order valence-corrected chi connectivity index (χ4v) is 5.72. The van der Waals surface area contributed by atoms with E-state index in [-0.39, 0.29) is 12.1 Å². The fraction of sp³-hybridized carbons (Fsp3) is 0.120. The summed E-state index contributed by atoms with van der Waals surface area (Å²) in [5.74, 6) is 1.60. The number of rotatable bonds is 5. The molecule has 2 aromatic heterocycles. The van der Waals surface area contributed by atoms with Crippen LogP contribution in [0.5, 0.6) is 11.5 Å². The van der Waals surface area contributed by atoms with E-state index >= 15 is 0 Å². The first-order chi connectivity index (χ1) is 15.6. The number of aromatic nitrogens is 1. The van der Waals surface area contributed by atoms with E-state index in [2.05, 4.69) is 50.2 Å². The summed E-state index contributed by atoms with van der Waals surface area (Å²) in [5.41, 5.74) is 3.18. The molecule has 1 aliphatic rings. The zero-order valence-electron chi connectivity index (χ0n) is 17.2. The van der Waals surface area contributed by atoms with Crippen LogP contribution in [0.15, 0.2) is 88.8 Å². The summed E-state index contributed by atoms with van der Waals surface area (Å²) >= 11 is 11.1. The minimum absolute atomic E-state index is 0.00225. The highest BCUT2D eigenvalue weighted by Crippen LogP contribution is 2.44. The normalized spacial score (nSPS) is 17.9. The number of hydrogen-bond donors (Lipinski definition) is 1. The first-order valence-electron chi connectivity index (χ1n) is 10.2. The number of pyridine rings is 1. The van der Waals surface area contributed by atoms with Gasteiger partial charge in [-0.2, -0.15) is 0 Å². The van der Waals surface area contributed by atoms with Crippen molar-refractivity contribution < 1.29 is 4.74 Å². The molecule has 4 aromatic rings. The van der Waals surface area contributed by atoms with Crippen molar-refractivity contribution in [2.75, 3.05) is 4.90 Å². The van der Waals surface area contributed by atoms with Crippen LogP contribution in [0.1, 0.15) is 28.2 Å². The molecule has 2 aromatic carbocycles. The van der Waals surface area contributed by atoms with Gasteiger partial charge < -0.3 is 15.0 Å². The van der Waals surface area contributed by atoms with Crippen molar-refractivity contribution in [1.82, 2.24) is 10.3 Å². The molecule has 0 spiro atoms. The minimum Gasteiger partial charge on any atom is -0.457 e. The lowest BCUT2D eigenvalue weighted by molar-refractivity contribution is 0.482. The van der Waals surface area contributed by atoms with Gasteiger partial charge in [0.05, 0.1) is 21.6 Å². The number of thiophene rings is 1. The van der Waals surface area contributed by atoms with Crippen molar-refractivity contribution in [3.8, 4) is 11.5 Å². The predicted octanol–water partition coefficient (Wildman–Crippen LogP) is 7.18. The highest BCUT2D eigenvalue weighted by Gasteiger charge is 2.41. The van der Waals surface area contributed by atoms with Gasteiger partial charge in [0.1, 0.15) is 11.5 Å². The lowest BCUT2D eigenvalue weighted by Crippen LogP contribution is -2.28. The molecule has 0 unspecified atom stereocenters. The fourth-order valence-electron chi connectivity index (χ4n) is 3.83. The zero-order chi connectivity index (χ0) is 22.1. The Morgan fingerprint density at radius 3 is 2.31 bits per heavy atom. The topological polar surface area (TPSA) is 37.4 Å². The number of ether oxygens (including phenoxy) is 1. The molecule has 32 heavy (non-hydrogen) atoms. The third-order valence-electron chi connectivity index (χ3n) is 5.36. The Balaban J connectivity index is 1.46. The number of anilines is 1. The maximum Gasteiger partial charge on any atom is 0.174 e. The van der Waals surface area contributed by atoms with Crippen LogP contribution in [-0.4, -0.2) is 10.1 Å². The number of thiocarbonyl (C=S) groups is 1. The van der Waals surface area contributed by atoms with Gasteiger partial charge in [-0.1, -0.05) is 23.8 Å². The quantitative estimate of drug-likeness (QED) is 0.281. The van der Waals surface area contributed by atoms with Crippen LogP contribution in [0.3, 0.4) is 0 Å². The van der Waals surface area contributed by atoms with Crippen molar-refractivity contribution in [1.29, 1.82) is 0 Å². The number of halogens is 1. The number of hydrogen-bond acceptors (Lipinski definition) is 4. The van der Waals surface area contributed by atoms with Gasteiger partial charge in [0.15, 0.2) is 5.11 Å². The highest BCUT2D eigenvalue weighted by molar-refractivity contribution is 9.11. The van der Waals surface area contributed by atoms with Gasteiger partial charge >= 0.3 is 0 Å². The summed E-state index contributed by atoms with van der Waals surface area (Å²) in [4.78, 5) is 7.97. The number of nitrogens with one attached hydrogen (secondary N) is 1. The summed E-state index contributed by atoms with van der Waals surface area (Å²) in [6.45, 7) is 2.06. The van der Waals surface area contributed by atoms with Crippen LogP contribution in [0, 0.1) is 6.92 Å². The van der Waals surface area contributed by atoms with Crippen molar-refractivity contribution in [3.63, 3.8) is 0 Å². The Bertz CT molecular complexity index is 1230. The van der Waals surface area contributed by atoms with E-state index in [1.807, 2.05) is 72.9 Å². The predicted molar refractivity (Wildman–Crippen MR) is 138 cm³/mol. The van der Waals surface area contributed by atoms with Gasteiger partial charge in [0, 0.05) is 16.8 Å². The maximum atomic E-state index is 6.00. The van der Waals surface area contributed by atoms with Gasteiger partial charge in [-0.3, -0.25) is 4.98 Å². The Kier molecular flexibility index (Phi) is 5.95. The average molecular weight is 522 g/mol. The molecular weight excluding hydrogens is 502 g/mol. The van der Waals surface area contributed by atoms with E-state index in [1.54, 1.807) is 11.3 Å². The van der Waals surface area contributed by atoms with E-state index in [9.17, 15) is 0 Å². The molecule has 1 N–H and O–H groups in total. The number of benzene rings is 2. The van der Waals surface area contributed by atoms with Crippen LogP contribution in [0.2, 0.25) is 0 Å². The molecular formula is C25H20BrN3OS2. The summed E-state index contributed by atoms with van der Waals surface area (Å²) in [7, 11) is 0. The van der Waals surface area contributed by atoms with Gasteiger partial charge in [-0.25, -0.2) is 0 Å². The molecule has 1 aliphatic heterocycles. The second-order valence-corrected chi connectivity index (χ2v) is 10.4. The molecule has 7 heteroatoms. The van der Waals surface area contributed by atoms with Crippen molar-refractivity contribution in [2.24, 2.45) is 0 Å². The minimum atomic E-state index is -0.0438. The smallest absolute Gasteiger partial charge is 0.174 e. The summed E-state index contributed by atoms with van der Waals surface area (Å²) in [6.07, 6.45) is 1.82. The van der Waals surface area contributed by atoms with Gasteiger partial charge in [0.25, 0.3) is 0 Å². The largest absolute Gasteiger partial charge is 0.457 e. The molecule has 0 aliphatic carbocycles. The van der Waals surface area contributed by atoms with Crippen LogP contribution in [-0.2, 0) is 0 Å². The van der Waals surface area contributed by atoms with Crippen molar-refractivity contribution in [3.05, 3.63) is 105 Å². The SMILES string of the molecule is Cc1ccc(Oc2ccc(N3C(=S)N[C@@H](c4ccccn4)[C@@H]3c3ccc(Br)s3)cc2)cc1. The van der Waals surface area contributed by atoms with E-state index < -0.39 is 0 Å². The van der Waals surface area contributed by atoms with E-state index in [0.717, 1.165) is 26.7 Å². The van der Waals surface area contributed by atoms with Crippen LogP contribution in [0.25, 0.3) is 0 Å². The summed E-state index contributed by atoms with van der Waals surface area (Å²) in [5, 5.41) is 4.17. The van der Waals surface area contributed by atoms with E-state index in [0.29, 0.717) is 5.11 Å². The average Bonchev–Trinajstić information content (AvgIpc) is 3.39. The van der Waals surface area contributed by atoms with E-state index in [4.69, 9.17) is 17.0 Å². The van der Waals surface area contributed by atoms with E-state index in [1.165, 1.54) is 10.4 Å². The Labute approximate surface area is 205 Å². The second kappa shape index (κ2) is 9.02. The van der Waals surface area contributed by atoms with Gasteiger partial charge in [-0.15, -0.1) is 11.3 Å². The maximum absolute atomic E-state index is 6.00. The highest BCUT2D eigenvalue weighted by atomic mass is 79.9. The first-order valence-corrected chi connectivity index (χ1v) is 12.2. The molecule has 3 heterocycles. The Morgan fingerprint density at radius 1 is 0.969 bits per heavy atom. The Morgan fingerprint density at radius 2 is 1.69 bits per heavy atom. The molecule has 160 valence electrons. The molecule has 1 saturated heterocycles. The number of nitrogens with zero attached hydrogens (tertiary/aromatic N) is 2. The van der Waals surface area contributed by atoms with Crippen LogP contribution in [0.4, 0.5) is 5.69 Å². The third-order valence-corrected chi connectivity index (χ3v) is 7.36. The van der Waals surface area contributed by atoms with Gasteiger partial charge in [-0.05, 0) is 95.7 Å². The molecule has 2 atom stereocenters. The lowest BCUT2D eigenvalue weighted by atomic mass is 10.0. The summed E-state index contributed by atoms with van der Waals surface area (Å²) in [6, 6.07) is 26.2. The van der Waals surface area contributed by atoms with Crippen LogP contribution < -0.4 is 15.0 Å².